The zero-order valence-electron chi connectivity index (χ0n) is 26.3. The summed E-state index contributed by atoms with van der Waals surface area (Å²) < 4.78 is 14.1. The van der Waals surface area contributed by atoms with Gasteiger partial charge in [-0.1, -0.05) is 18.2 Å². The van der Waals surface area contributed by atoms with Gasteiger partial charge in [-0.2, -0.15) is 10.2 Å². The molecule has 0 radical (unpaired) electrons. The van der Waals surface area contributed by atoms with Crippen molar-refractivity contribution in [1.29, 1.82) is 0 Å². The molecule has 11 heteroatoms. The van der Waals surface area contributed by atoms with Gasteiger partial charge < -0.3 is 19.3 Å². The van der Waals surface area contributed by atoms with Gasteiger partial charge in [-0.05, 0) is 71.1 Å². The van der Waals surface area contributed by atoms with Crippen LogP contribution in [0.2, 0.25) is 5.02 Å². The van der Waals surface area contributed by atoms with E-state index in [1.165, 1.54) is 6.08 Å². The fraction of sp³-hybridized carbons (Fsp3) is 0.606. The molecule has 3 unspecified atom stereocenters. The number of ether oxygens (including phenoxy) is 2. The first-order valence-electron chi connectivity index (χ1n) is 16.0. The number of piperidine rings is 2. The molecule has 1 aromatic carbocycles. The van der Waals surface area contributed by atoms with Gasteiger partial charge in [0, 0.05) is 66.5 Å². The summed E-state index contributed by atoms with van der Waals surface area (Å²) in [4.78, 5) is 19.4. The third kappa shape index (κ3) is 5.13. The van der Waals surface area contributed by atoms with Crippen LogP contribution in [-0.4, -0.2) is 105 Å². The molecule has 4 aliphatic rings. The van der Waals surface area contributed by atoms with Crippen LogP contribution in [0.3, 0.4) is 0 Å². The SMILES string of the molecule is C=CC(=O)N1CCC(n2nc(N3CCC(N4CC5COCC(C4)O5)CC3(C)C)c(-c3c(Cl)c(C)cc4[nH]ncc34)c2C)CC1. The fourth-order valence-electron chi connectivity index (χ4n) is 8.09. The lowest BCUT2D eigenvalue weighted by atomic mass is 9.85. The Morgan fingerprint density at radius 3 is 2.48 bits per heavy atom. The predicted molar refractivity (Wildman–Crippen MR) is 172 cm³/mol. The number of nitrogens with zero attached hydrogens (tertiary/aromatic N) is 6. The largest absolute Gasteiger partial charge is 0.376 e. The van der Waals surface area contributed by atoms with Crippen LogP contribution in [0.4, 0.5) is 5.82 Å². The number of morpholine rings is 1. The van der Waals surface area contributed by atoms with Crippen LogP contribution in [0.1, 0.15) is 56.8 Å². The first-order chi connectivity index (χ1) is 21.1. The summed E-state index contributed by atoms with van der Waals surface area (Å²) in [6.45, 7) is 18.1. The Morgan fingerprint density at radius 2 is 1.80 bits per heavy atom. The number of aromatic amines is 1. The number of nitrogens with one attached hydrogen (secondary N) is 1. The Hall–Kier alpha value is -2.92. The van der Waals surface area contributed by atoms with E-state index in [-0.39, 0.29) is 29.7 Å². The second-order valence-electron chi connectivity index (χ2n) is 13.7. The van der Waals surface area contributed by atoms with Crippen molar-refractivity contribution in [2.45, 2.75) is 83.2 Å². The van der Waals surface area contributed by atoms with E-state index < -0.39 is 0 Å². The normalized spacial score (nSPS) is 26.3. The molecule has 0 spiro atoms. The van der Waals surface area contributed by atoms with Gasteiger partial charge in [0.25, 0.3) is 0 Å². The van der Waals surface area contributed by atoms with E-state index in [0.29, 0.717) is 32.3 Å². The Labute approximate surface area is 264 Å². The molecule has 10 nitrogen and oxygen atoms in total. The second-order valence-corrected chi connectivity index (χ2v) is 14.1. The van der Waals surface area contributed by atoms with E-state index in [1.54, 1.807) is 0 Å². The molecule has 236 valence electrons. The van der Waals surface area contributed by atoms with E-state index in [0.717, 1.165) is 89.4 Å². The summed E-state index contributed by atoms with van der Waals surface area (Å²) in [5.74, 6) is 0.981. The number of hydrogen-bond donors (Lipinski definition) is 1. The molecule has 4 fully saturated rings. The van der Waals surface area contributed by atoms with Gasteiger partial charge in [-0.25, -0.2) is 0 Å². The van der Waals surface area contributed by atoms with Crippen LogP contribution >= 0.6 is 11.6 Å². The zero-order chi connectivity index (χ0) is 30.7. The first kappa shape index (κ1) is 29.8. The molecular formula is C33H44ClN7O3. The number of anilines is 1. The summed E-state index contributed by atoms with van der Waals surface area (Å²) in [5.41, 5.74) is 5.01. The number of carbonyl (C=O) groups is 1. The minimum absolute atomic E-state index is 0.00282. The van der Waals surface area contributed by atoms with Crippen LogP contribution in [0.15, 0.2) is 24.9 Å². The van der Waals surface area contributed by atoms with E-state index in [9.17, 15) is 4.79 Å². The Bertz CT molecular complexity index is 1560. The van der Waals surface area contributed by atoms with Crippen LogP contribution in [0.5, 0.6) is 0 Å². The van der Waals surface area contributed by atoms with Gasteiger partial charge in [-0.15, -0.1) is 0 Å². The van der Waals surface area contributed by atoms with Gasteiger partial charge in [0.15, 0.2) is 5.82 Å². The van der Waals surface area contributed by atoms with Crippen molar-refractivity contribution in [3.63, 3.8) is 0 Å². The van der Waals surface area contributed by atoms with E-state index in [2.05, 4.69) is 65.0 Å². The van der Waals surface area contributed by atoms with Crippen molar-refractivity contribution in [2.24, 2.45) is 0 Å². The number of likely N-dealkylation sites (tertiary alicyclic amines) is 1. The molecule has 6 heterocycles. The summed E-state index contributed by atoms with van der Waals surface area (Å²) in [6.07, 6.45) is 7.41. The molecule has 2 bridgehead atoms. The van der Waals surface area contributed by atoms with E-state index in [4.69, 9.17) is 26.2 Å². The lowest BCUT2D eigenvalue weighted by molar-refractivity contribution is -0.186. The maximum atomic E-state index is 12.3. The molecule has 7 rings (SSSR count). The molecule has 44 heavy (non-hydrogen) atoms. The first-order valence-corrected chi connectivity index (χ1v) is 16.4. The number of carbonyl (C=O) groups excluding carboxylic acids is 1. The maximum absolute atomic E-state index is 12.3. The zero-order valence-corrected chi connectivity index (χ0v) is 27.1. The highest BCUT2D eigenvalue weighted by atomic mass is 35.5. The van der Waals surface area contributed by atoms with Crippen LogP contribution in [-0.2, 0) is 14.3 Å². The van der Waals surface area contributed by atoms with Crippen LogP contribution in [0.25, 0.3) is 22.0 Å². The second kappa shape index (κ2) is 11.5. The standard InChI is InChI=1S/C33H44ClN7O3/c1-6-28(42)38-10-7-22(8-11-38)41-21(3)29(30-26-15-35-36-27(26)13-20(2)31(30)34)32(37-41)40-12-9-23(14-33(40,4)5)39-16-24-18-43-19-25(17-39)44-24/h6,13,15,22-25H,1,7-12,14,16-19H2,2-5H3,(H,35,36). The summed E-state index contributed by atoms with van der Waals surface area (Å²) in [7, 11) is 0. The highest BCUT2D eigenvalue weighted by molar-refractivity contribution is 6.36. The van der Waals surface area contributed by atoms with Crippen LogP contribution in [0, 0.1) is 13.8 Å². The number of benzene rings is 1. The Morgan fingerprint density at radius 1 is 1.09 bits per heavy atom. The minimum Gasteiger partial charge on any atom is -0.376 e. The molecule has 2 aromatic heterocycles. The minimum atomic E-state index is -0.140. The monoisotopic (exact) mass is 621 g/mol. The molecule has 1 amide bonds. The predicted octanol–water partition coefficient (Wildman–Crippen LogP) is 4.89. The van der Waals surface area contributed by atoms with Gasteiger partial charge in [-0.3, -0.25) is 19.5 Å². The van der Waals surface area contributed by atoms with Crippen molar-refractivity contribution in [3.8, 4) is 11.1 Å². The van der Waals surface area contributed by atoms with Crippen molar-refractivity contribution < 1.29 is 14.3 Å². The number of rotatable bonds is 5. The maximum Gasteiger partial charge on any atom is 0.245 e. The van der Waals surface area contributed by atoms with Gasteiger partial charge in [0.2, 0.25) is 5.91 Å². The smallest absolute Gasteiger partial charge is 0.245 e. The van der Waals surface area contributed by atoms with Crippen molar-refractivity contribution in [1.82, 2.24) is 29.8 Å². The number of aryl methyl sites for hydroxylation is 1. The van der Waals surface area contributed by atoms with Gasteiger partial charge in [0.1, 0.15) is 0 Å². The summed E-state index contributed by atoms with van der Waals surface area (Å²) in [5, 5.41) is 14.7. The van der Waals surface area contributed by atoms with E-state index in [1.807, 2.05) is 11.1 Å². The third-order valence-electron chi connectivity index (χ3n) is 10.3. The highest BCUT2D eigenvalue weighted by Crippen LogP contribution is 2.47. The number of H-pyrrole nitrogens is 1. The van der Waals surface area contributed by atoms with Gasteiger partial charge in [0.05, 0.1) is 48.2 Å². The van der Waals surface area contributed by atoms with E-state index >= 15 is 0 Å². The number of halogens is 1. The lowest BCUT2D eigenvalue weighted by Crippen LogP contribution is -2.61. The third-order valence-corrected chi connectivity index (χ3v) is 10.8. The average molecular weight is 622 g/mol. The molecule has 1 N–H and O–H groups in total. The number of hydrogen-bond acceptors (Lipinski definition) is 7. The van der Waals surface area contributed by atoms with Gasteiger partial charge >= 0.3 is 0 Å². The summed E-state index contributed by atoms with van der Waals surface area (Å²) >= 11 is 7.17. The fourth-order valence-corrected chi connectivity index (χ4v) is 8.34. The van der Waals surface area contributed by atoms with Crippen LogP contribution < -0.4 is 4.90 Å². The number of amides is 1. The molecule has 0 aliphatic carbocycles. The number of aromatic nitrogens is 4. The van der Waals surface area contributed by atoms with Crippen molar-refractivity contribution in [3.05, 3.63) is 41.2 Å². The molecule has 3 atom stereocenters. The Kier molecular flexibility index (Phi) is 7.76. The highest BCUT2D eigenvalue weighted by Gasteiger charge is 2.43. The number of fused-ring (bicyclic) bond motifs is 3. The molecular weight excluding hydrogens is 578 g/mol. The summed E-state index contributed by atoms with van der Waals surface area (Å²) in [6, 6.07) is 2.74. The quantitative estimate of drug-likeness (QED) is 0.406. The van der Waals surface area contributed by atoms with Crippen molar-refractivity contribution in [2.75, 3.05) is 50.8 Å². The molecule has 4 aliphatic heterocycles. The van der Waals surface area contributed by atoms with Crippen molar-refractivity contribution >= 4 is 34.2 Å². The molecule has 4 saturated heterocycles. The lowest BCUT2D eigenvalue weighted by Gasteiger charge is -2.52. The topological polar surface area (TPSA) is 91.8 Å². The Balaban J connectivity index is 1.26. The molecule has 3 aromatic rings. The average Bonchev–Trinajstić information content (AvgIpc) is 3.60. The molecule has 0 saturated carbocycles.